The van der Waals surface area contributed by atoms with Gasteiger partial charge in [-0.1, -0.05) is 206 Å². The molecule has 0 N–H and O–H groups in total. The second-order valence-corrected chi connectivity index (χ2v) is 16.4. The van der Waals surface area contributed by atoms with E-state index in [1.807, 2.05) is 0 Å². The van der Waals surface area contributed by atoms with E-state index in [1.54, 1.807) is 0 Å². The van der Waals surface area contributed by atoms with Crippen LogP contribution in [-0.4, -0.2) is 0 Å². The predicted octanol–water partition coefficient (Wildman–Crippen LogP) is 16.2. The van der Waals surface area contributed by atoms with E-state index in [2.05, 4.69) is 254 Å². The zero-order valence-electron chi connectivity index (χ0n) is 34.1. The van der Waals surface area contributed by atoms with Gasteiger partial charge in [-0.05, 0) is 131 Å². The summed E-state index contributed by atoms with van der Waals surface area (Å²) in [5, 5.41) is 0. The lowest BCUT2D eigenvalue weighted by Crippen LogP contribution is -2.29. The number of para-hydroxylation sites is 1. The molecule has 2 aliphatic carbocycles. The van der Waals surface area contributed by atoms with Crippen molar-refractivity contribution < 1.29 is 0 Å². The summed E-state index contributed by atoms with van der Waals surface area (Å²) in [5.41, 5.74) is 23.1. The Kier molecular flexibility index (Phi) is 8.47. The van der Waals surface area contributed by atoms with Crippen molar-refractivity contribution in [2.75, 3.05) is 4.90 Å². The molecule has 12 rings (SSSR count). The smallest absolute Gasteiger partial charge is 0.0725 e. The highest BCUT2D eigenvalue weighted by atomic mass is 15.1. The third kappa shape index (κ3) is 5.63. The van der Waals surface area contributed by atoms with E-state index in [1.165, 1.54) is 89.0 Å². The third-order valence-corrected chi connectivity index (χ3v) is 13.1. The van der Waals surface area contributed by atoms with Crippen molar-refractivity contribution in [3.8, 4) is 66.8 Å². The molecule has 1 heteroatoms. The number of benzene rings is 10. The van der Waals surface area contributed by atoms with Crippen molar-refractivity contribution in [1.29, 1.82) is 0 Å². The first-order valence-corrected chi connectivity index (χ1v) is 21.5. The van der Waals surface area contributed by atoms with Gasteiger partial charge in [0.25, 0.3) is 0 Å². The molecule has 10 aromatic rings. The number of hydrogen-bond donors (Lipinski definition) is 0. The maximum Gasteiger partial charge on any atom is 0.0725 e. The van der Waals surface area contributed by atoms with E-state index in [0.717, 1.165) is 17.1 Å². The van der Waals surface area contributed by atoms with Crippen molar-refractivity contribution in [3.63, 3.8) is 0 Å². The molecule has 10 aromatic carbocycles. The summed E-state index contributed by atoms with van der Waals surface area (Å²) in [6.45, 7) is 0. The Morgan fingerprint density at radius 2 is 0.516 bits per heavy atom. The van der Waals surface area contributed by atoms with Crippen LogP contribution in [0.4, 0.5) is 17.1 Å². The highest BCUT2D eigenvalue weighted by molar-refractivity contribution is 5.98. The van der Waals surface area contributed by atoms with E-state index in [-0.39, 0.29) is 0 Å². The highest BCUT2D eigenvalue weighted by Gasteiger charge is 2.49. The molecule has 0 atom stereocenters. The lowest BCUT2D eigenvalue weighted by molar-refractivity contribution is 0.775. The fourth-order valence-corrected chi connectivity index (χ4v) is 10.3. The molecule has 0 bridgehead atoms. The van der Waals surface area contributed by atoms with Crippen molar-refractivity contribution in [2.45, 2.75) is 5.41 Å². The van der Waals surface area contributed by atoms with E-state index in [0.29, 0.717) is 0 Å². The Balaban J connectivity index is 0.948. The van der Waals surface area contributed by atoms with Gasteiger partial charge < -0.3 is 4.90 Å². The van der Waals surface area contributed by atoms with Gasteiger partial charge >= 0.3 is 0 Å². The van der Waals surface area contributed by atoms with Crippen LogP contribution in [0, 0.1) is 0 Å². The lowest BCUT2D eigenvalue weighted by atomic mass is 9.65. The van der Waals surface area contributed by atoms with E-state index >= 15 is 0 Å². The second kappa shape index (κ2) is 14.6. The summed E-state index contributed by atoms with van der Waals surface area (Å²) < 4.78 is 0. The van der Waals surface area contributed by atoms with Gasteiger partial charge in [-0.3, -0.25) is 0 Å². The molecule has 0 unspecified atom stereocenters. The fraction of sp³-hybridized carbons (Fsp3) is 0.0164. The molecule has 290 valence electrons. The van der Waals surface area contributed by atoms with Gasteiger partial charge in [0.2, 0.25) is 0 Å². The summed E-state index contributed by atoms with van der Waals surface area (Å²) in [5.74, 6) is 0. The Morgan fingerprint density at radius 1 is 0.210 bits per heavy atom. The lowest BCUT2D eigenvalue weighted by Gasteiger charge is -2.35. The zero-order chi connectivity index (χ0) is 41.0. The van der Waals surface area contributed by atoms with Crippen LogP contribution < -0.4 is 4.90 Å². The van der Waals surface area contributed by atoms with Crippen LogP contribution in [-0.2, 0) is 5.41 Å². The maximum absolute atomic E-state index is 2.48. The Bertz CT molecular complexity index is 3190. The van der Waals surface area contributed by atoms with Crippen molar-refractivity contribution in [3.05, 3.63) is 271 Å². The SMILES string of the molecule is c1ccc(-c2ccc(-c3ccc(N(c4ccccc4)c4ccc(-c5ccc6c(c5)C5(c7ccccc7-c7ccccc7-c7ccccc75)c5ccccc5-6)cc4)cc3)cc2)cc1. The van der Waals surface area contributed by atoms with Crippen LogP contribution in [0.2, 0.25) is 0 Å². The summed E-state index contributed by atoms with van der Waals surface area (Å²) in [4.78, 5) is 2.34. The summed E-state index contributed by atoms with van der Waals surface area (Å²) in [6.07, 6.45) is 0. The summed E-state index contributed by atoms with van der Waals surface area (Å²) in [6, 6.07) is 91.5. The van der Waals surface area contributed by atoms with Crippen LogP contribution in [0.25, 0.3) is 66.8 Å². The standard InChI is InChI=1S/C61H41N/c1-3-15-42(16-4-1)43-27-29-44(30-28-43)45-31-36-49(37-32-45)62(48-17-5-2-6-18-48)50-38-33-46(34-39-50)47-35-40-56-55-23-11-14-26-59(55)61(60(56)41-47)57-24-12-9-21-53(57)51-19-7-8-20-52(51)54-22-10-13-25-58(54)61/h1-41H. The van der Waals surface area contributed by atoms with Gasteiger partial charge in [0.05, 0.1) is 5.41 Å². The Hall–Kier alpha value is -8.00. The minimum absolute atomic E-state index is 0.506. The average Bonchev–Trinajstić information content (AvgIpc) is 3.59. The minimum atomic E-state index is -0.506. The van der Waals surface area contributed by atoms with Crippen LogP contribution >= 0.6 is 0 Å². The van der Waals surface area contributed by atoms with Gasteiger partial charge in [-0.25, -0.2) is 0 Å². The van der Waals surface area contributed by atoms with Crippen molar-refractivity contribution in [1.82, 2.24) is 0 Å². The van der Waals surface area contributed by atoms with Gasteiger partial charge in [0, 0.05) is 17.1 Å². The second-order valence-electron chi connectivity index (χ2n) is 16.4. The largest absolute Gasteiger partial charge is 0.311 e. The van der Waals surface area contributed by atoms with Crippen LogP contribution in [0.5, 0.6) is 0 Å². The number of rotatable bonds is 6. The molecule has 1 spiro atoms. The molecular formula is C61H41N. The molecule has 0 amide bonds. The minimum Gasteiger partial charge on any atom is -0.311 e. The number of nitrogens with zero attached hydrogens (tertiary/aromatic N) is 1. The summed E-state index contributed by atoms with van der Waals surface area (Å²) >= 11 is 0. The van der Waals surface area contributed by atoms with Gasteiger partial charge in [0.1, 0.15) is 0 Å². The first kappa shape index (κ1) is 35.9. The van der Waals surface area contributed by atoms with Gasteiger partial charge in [0.15, 0.2) is 0 Å². The number of anilines is 3. The molecule has 62 heavy (non-hydrogen) atoms. The molecule has 0 radical (unpaired) electrons. The third-order valence-electron chi connectivity index (χ3n) is 13.1. The Morgan fingerprint density at radius 3 is 1.00 bits per heavy atom. The fourth-order valence-electron chi connectivity index (χ4n) is 10.3. The number of hydrogen-bond acceptors (Lipinski definition) is 1. The maximum atomic E-state index is 2.48. The van der Waals surface area contributed by atoms with Gasteiger partial charge in [-0.15, -0.1) is 0 Å². The molecule has 0 saturated heterocycles. The van der Waals surface area contributed by atoms with Gasteiger partial charge in [-0.2, -0.15) is 0 Å². The van der Waals surface area contributed by atoms with Crippen LogP contribution in [0.3, 0.4) is 0 Å². The quantitative estimate of drug-likeness (QED) is 0.162. The molecule has 0 heterocycles. The first-order valence-electron chi connectivity index (χ1n) is 21.5. The monoisotopic (exact) mass is 787 g/mol. The normalized spacial score (nSPS) is 12.6. The molecule has 0 aromatic heterocycles. The summed E-state index contributed by atoms with van der Waals surface area (Å²) in [7, 11) is 0. The topological polar surface area (TPSA) is 3.24 Å². The van der Waals surface area contributed by atoms with E-state index < -0.39 is 5.41 Å². The average molecular weight is 788 g/mol. The molecule has 1 nitrogen and oxygen atoms in total. The zero-order valence-corrected chi connectivity index (χ0v) is 34.1. The van der Waals surface area contributed by atoms with Crippen molar-refractivity contribution in [2.24, 2.45) is 0 Å². The predicted molar refractivity (Wildman–Crippen MR) is 259 cm³/mol. The van der Waals surface area contributed by atoms with Crippen LogP contribution in [0.1, 0.15) is 22.3 Å². The Labute approximate surface area is 363 Å². The first-order chi connectivity index (χ1) is 30.8. The van der Waals surface area contributed by atoms with Crippen LogP contribution in [0.15, 0.2) is 249 Å². The number of fused-ring (bicyclic) bond motifs is 12. The van der Waals surface area contributed by atoms with Crippen molar-refractivity contribution >= 4 is 17.1 Å². The van der Waals surface area contributed by atoms with E-state index in [9.17, 15) is 0 Å². The molecule has 0 saturated carbocycles. The van der Waals surface area contributed by atoms with E-state index in [4.69, 9.17) is 0 Å². The molecular weight excluding hydrogens is 747 g/mol. The molecule has 0 aliphatic heterocycles. The molecule has 2 aliphatic rings. The molecule has 0 fully saturated rings. The highest BCUT2D eigenvalue weighted by Crippen LogP contribution is 2.61.